The quantitative estimate of drug-likeness (QED) is 0.0663. The molecule has 7 nitrogen and oxygen atoms in total. The summed E-state index contributed by atoms with van der Waals surface area (Å²) in [6, 6.07) is 4.48. The Kier molecular flexibility index (Phi) is 18.8. The monoisotopic (exact) mass is 711 g/mol. The second-order valence-electron chi connectivity index (χ2n) is 15.9. The molecule has 0 saturated heterocycles. The second-order valence-corrected chi connectivity index (χ2v) is 15.9. The van der Waals surface area contributed by atoms with E-state index in [9.17, 15) is 19.8 Å². The molecule has 1 aromatic rings. The van der Waals surface area contributed by atoms with Crippen LogP contribution in [0.15, 0.2) is 36.4 Å². The van der Waals surface area contributed by atoms with Crippen LogP contribution >= 0.6 is 0 Å². The number of carbonyl (C=O) groups excluding carboxylic acids is 2. The van der Waals surface area contributed by atoms with E-state index in [0.717, 1.165) is 61.0 Å². The zero-order valence-electron chi connectivity index (χ0n) is 32.6. The van der Waals surface area contributed by atoms with Crippen LogP contribution in [0.25, 0.3) is 0 Å². The predicted molar refractivity (Wildman–Crippen MR) is 206 cm³/mol. The predicted octanol–water partition coefficient (Wildman–Crippen LogP) is 9.60. The van der Waals surface area contributed by atoms with Crippen LogP contribution in [0.4, 0.5) is 0 Å². The number of esters is 2. The van der Waals surface area contributed by atoms with Crippen molar-refractivity contribution in [2.24, 2.45) is 23.2 Å². The Hall–Kier alpha value is -2.64. The minimum Gasteiger partial charge on any atom is -0.493 e. The number of aliphatic hydroxyl groups excluding tert-OH is 2. The first-order chi connectivity index (χ1) is 24.6. The van der Waals surface area contributed by atoms with E-state index < -0.39 is 17.4 Å². The average molecular weight is 711 g/mol. The molecule has 2 fully saturated rings. The second kappa shape index (κ2) is 22.4. The fourth-order valence-electron chi connectivity index (χ4n) is 8.30. The molecule has 2 saturated carbocycles. The highest BCUT2D eigenvalue weighted by atomic mass is 16.5. The maximum absolute atomic E-state index is 12.3. The maximum atomic E-state index is 12.3. The molecule has 0 bridgehead atoms. The highest BCUT2D eigenvalue weighted by molar-refractivity contribution is 5.87. The number of hydrogen-bond acceptors (Lipinski definition) is 7. The van der Waals surface area contributed by atoms with Gasteiger partial charge in [0, 0.05) is 29.4 Å². The molecular formula is C44H70O7. The van der Waals surface area contributed by atoms with Gasteiger partial charge in [-0.05, 0) is 106 Å². The topological polar surface area (TPSA) is 102 Å². The summed E-state index contributed by atoms with van der Waals surface area (Å²) in [6.07, 6.45) is 20.0. The molecule has 0 atom stereocenters. The number of carbonyl (C=O) groups is 2. The lowest BCUT2D eigenvalue weighted by Gasteiger charge is -2.38. The van der Waals surface area contributed by atoms with Crippen molar-refractivity contribution >= 4 is 11.9 Å². The van der Waals surface area contributed by atoms with Crippen molar-refractivity contribution in [3.8, 4) is 5.75 Å². The summed E-state index contributed by atoms with van der Waals surface area (Å²) in [5.74, 6) is 2.92. The van der Waals surface area contributed by atoms with Gasteiger partial charge in [0.15, 0.2) is 0 Å². The van der Waals surface area contributed by atoms with Gasteiger partial charge in [-0.3, -0.25) is 0 Å². The highest BCUT2D eigenvalue weighted by Crippen LogP contribution is 2.45. The Bertz CT molecular complexity index is 1180. The number of rotatable bonds is 23. The molecule has 0 radical (unpaired) electrons. The van der Waals surface area contributed by atoms with Crippen molar-refractivity contribution in [3.63, 3.8) is 0 Å². The van der Waals surface area contributed by atoms with Crippen molar-refractivity contribution in [2.45, 2.75) is 149 Å². The van der Waals surface area contributed by atoms with E-state index in [1.165, 1.54) is 69.8 Å². The van der Waals surface area contributed by atoms with Gasteiger partial charge in [0.1, 0.15) is 5.75 Å². The average Bonchev–Trinajstić information content (AvgIpc) is 3.14. The van der Waals surface area contributed by atoms with Gasteiger partial charge in [0.2, 0.25) is 0 Å². The Morgan fingerprint density at radius 3 is 1.71 bits per heavy atom. The van der Waals surface area contributed by atoms with Gasteiger partial charge >= 0.3 is 11.9 Å². The molecule has 2 N–H and O–H groups in total. The van der Waals surface area contributed by atoms with Crippen molar-refractivity contribution in [2.75, 3.05) is 33.0 Å². The number of aliphatic hydroxyl groups is 2. The standard InChI is InChI=1S/C44H70O7/c1-7-9-11-12-34-13-15-35(16-14-34)36-17-19-37(20-18-36)40-28-38(21-25-50-42(47)32(3)4)41(39(29-40)22-26-51-43(48)33(5)6)49-27-24-44(30-45,31-46)23-10-8-2/h28-29,34-37,45-46H,3,5,7-27,30-31H2,1-2,4,6H3. The fraction of sp³-hybridized carbons (Fsp3) is 0.727. The van der Waals surface area contributed by atoms with Gasteiger partial charge in [0.05, 0.1) is 33.0 Å². The van der Waals surface area contributed by atoms with Crippen molar-refractivity contribution in [3.05, 3.63) is 53.1 Å². The number of unbranched alkanes of at least 4 members (excludes halogenated alkanes) is 3. The van der Waals surface area contributed by atoms with Crippen LogP contribution in [0, 0.1) is 23.2 Å². The summed E-state index contributed by atoms with van der Waals surface area (Å²) in [4.78, 5) is 24.6. The third-order valence-electron chi connectivity index (χ3n) is 11.8. The van der Waals surface area contributed by atoms with Crippen molar-refractivity contribution in [1.82, 2.24) is 0 Å². The Labute approximate surface area is 309 Å². The van der Waals surface area contributed by atoms with Gasteiger partial charge in [-0.15, -0.1) is 0 Å². The van der Waals surface area contributed by atoms with E-state index in [0.29, 0.717) is 48.7 Å². The van der Waals surface area contributed by atoms with Gasteiger partial charge in [-0.1, -0.05) is 90.5 Å². The van der Waals surface area contributed by atoms with Crippen LogP contribution < -0.4 is 4.74 Å². The smallest absolute Gasteiger partial charge is 0.333 e. The largest absolute Gasteiger partial charge is 0.493 e. The summed E-state index contributed by atoms with van der Waals surface area (Å²) in [7, 11) is 0. The molecule has 0 aromatic heterocycles. The van der Waals surface area contributed by atoms with Crippen LogP contribution in [0.3, 0.4) is 0 Å². The molecule has 2 aliphatic carbocycles. The van der Waals surface area contributed by atoms with Crippen molar-refractivity contribution < 1.29 is 34.0 Å². The van der Waals surface area contributed by atoms with Crippen LogP contribution in [0.5, 0.6) is 5.75 Å². The molecular weight excluding hydrogens is 640 g/mol. The minimum absolute atomic E-state index is 0.109. The molecule has 288 valence electrons. The number of benzene rings is 1. The van der Waals surface area contributed by atoms with Gasteiger partial charge in [-0.2, -0.15) is 0 Å². The summed E-state index contributed by atoms with van der Waals surface area (Å²) >= 11 is 0. The van der Waals surface area contributed by atoms with E-state index in [4.69, 9.17) is 14.2 Å². The third-order valence-corrected chi connectivity index (χ3v) is 11.8. The lowest BCUT2D eigenvalue weighted by Crippen LogP contribution is -2.32. The Balaban J connectivity index is 1.82. The Morgan fingerprint density at radius 2 is 1.24 bits per heavy atom. The molecule has 0 spiro atoms. The Morgan fingerprint density at radius 1 is 0.725 bits per heavy atom. The molecule has 51 heavy (non-hydrogen) atoms. The summed E-state index contributed by atoms with van der Waals surface area (Å²) in [6.45, 7) is 15.6. The molecule has 7 heteroatoms. The summed E-state index contributed by atoms with van der Waals surface area (Å²) < 4.78 is 17.6. The number of ether oxygens (including phenoxy) is 3. The highest BCUT2D eigenvalue weighted by Gasteiger charge is 2.32. The first-order valence-electron chi connectivity index (χ1n) is 20.2. The van der Waals surface area contributed by atoms with Crippen LogP contribution in [0.2, 0.25) is 0 Å². The van der Waals surface area contributed by atoms with E-state index >= 15 is 0 Å². The summed E-state index contributed by atoms with van der Waals surface area (Å²) in [5, 5.41) is 20.5. The van der Waals surface area contributed by atoms with E-state index in [2.05, 4.69) is 39.1 Å². The zero-order chi connectivity index (χ0) is 37.2. The fourth-order valence-corrected chi connectivity index (χ4v) is 8.30. The van der Waals surface area contributed by atoms with Crippen LogP contribution in [-0.2, 0) is 31.9 Å². The SMILES string of the molecule is C=C(C)C(=O)OCCc1cc(C2CCC(C3CCC(CCCCC)CC3)CC2)cc(CCOC(=O)C(=C)C)c1OCCC(CO)(CO)CCCC. The maximum Gasteiger partial charge on any atom is 0.333 e. The lowest BCUT2D eigenvalue weighted by molar-refractivity contribution is -0.139. The molecule has 0 aliphatic heterocycles. The van der Waals surface area contributed by atoms with Gasteiger partial charge < -0.3 is 24.4 Å². The minimum atomic E-state index is -0.614. The van der Waals surface area contributed by atoms with Gasteiger partial charge in [-0.25, -0.2) is 9.59 Å². The van der Waals surface area contributed by atoms with E-state index in [-0.39, 0.29) is 26.4 Å². The molecule has 1 aromatic carbocycles. The first-order valence-corrected chi connectivity index (χ1v) is 20.2. The molecule has 0 heterocycles. The first kappa shape index (κ1) is 42.8. The lowest BCUT2D eigenvalue weighted by atomic mass is 9.67. The van der Waals surface area contributed by atoms with E-state index in [1.54, 1.807) is 13.8 Å². The molecule has 0 amide bonds. The summed E-state index contributed by atoms with van der Waals surface area (Å²) in [5.41, 5.74) is 3.29. The molecule has 2 aliphatic rings. The third kappa shape index (κ3) is 13.7. The normalized spacial score (nSPS) is 20.8. The van der Waals surface area contributed by atoms with Crippen LogP contribution in [-0.4, -0.2) is 55.2 Å². The zero-order valence-corrected chi connectivity index (χ0v) is 32.6. The number of hydrogen-bond donors (Lipinski definition) is 2. The van der Waals surface area contributed by atoms with Crippen LogP contribution in [0.1, 0.15) is 153 Å². The van der Waals surface area contributed by atoms with Gasteiger partial charge in [0.25, 0.3) is 0 Å². The molecule has 3 rings (SSSR count). The van der Waals surface area contributed by atoms with Crippen molar-refractivity contribution in [1.29, 1.82) is 0 Å². The molecule has 0 unspecified atom stereocenters. The van der Waals surface area contributed by atoms with E-state index in [1.807, 2.05) is 0 Å².